The first-order chi connectivity index (χ1) is 15.1. The van der Waals surface area contributed by atoms with Crippen LogP contribution in [0.15, 0.2) is 54.6 Å². The Balaban J connectivity index is 1.24. The van der Waals surface area contributed by atoms with Gasteiger partial charge in [0.25, 0.3) is 5.91 Å². The van der Waals surface area contributed by atoms with Crippen molar-refractivity contribution in [2.24, 2.45) is 0 Å². The Morgan fingerprint density at radius 1 is 1.13 bits per heavy atom. The summed E-state index contributed by atoms with van der Waals surface area (Å²) >= 11 is 0. The van der Waals surface area contributed by atoms with Crippen LogP contribution in [0.4, 0.5) is 10.2 Å². The van der Waals surface area contributed by atoms with Crippen LogP contribution in [0.25, 0.3) is 11.3 Å². The summed E-state index contributed by atoms with van der Waals surface area (Å²) in [6, 6.07) is 15.6. The van der Waals surface area contributed by atoms with Gasteiger partial charge in [-0.15, -0.1) is 0 Å². The molecular formula is C23H25FN4O3. The molecule has 2 aromatic carbocycles. The molecule has 3 aromatic rings. The highest BCUT2D eigenvalue weighted by atomic mass is 19.1. The summed E-state index contributed by atoms with van der Waals surface area (Å²) in [5.41, 5.74) is 1.99. The summed E-state index contributed by atoms with van der Waals surface area (Å²) in [5.74, 6) is 1.67. The Bertz CT molecular complexity index is 996. The lowest BCUT2D eigenvalue weighted by atomic mass is 10.0. The molecule has 0 unspecified atom stereocenters. The molecule has 0 aliphatic carbocycles. The van der Waals surface area contributed by atoms with E-state index in [1.54, 1.807) is 7.11 Å². The molecular weight excluding hydrogens is 399 g/mol. The smallest absolute Gasteiger partial charge is 0.258 e. The molecule has 31 heavy (non-hydrogen) atoms. The molecule has 2 N–H and O–H groups in total. The normalized spacial score (nSPS) is 14.3. The second-order valence-corrected chi connectivity index (χ2v) is 7.44. The first-order valence-corrected chi connectivity index (χ1v) is 10.2. The van der Waals surface area contributed by atoms with Crippen molar-refractivity contribution in [3.05, 3.63) is 60.4 Å². The number of hydrogen-bond acceptors (Lipinski definition) is 5. The van der Waals surface area contributed by atoms with E-state index in [1.165, 1.54) is 24.3 Å². The number of halogens is 1. The summed E-state index contributed by atoms with van der Waals surface area (Å²) in [6.07, 6.45) is 1.65. The molecule has 2 heterocycles. The lowest BCUT2D eigenvalue weighted by molar-refractivity contribution is -0.123. The summed E-state index contributed by atoms with van der Waals surface area (Å²) in [6.45, 7) is 1.52. The monoisotopic (exact) mass is 424 g/mol. The van der Waals surface area contributed by atoms with Gasteiger partial charge in [0.05, 0.1) is 12.8 Å². The summed E-state index contributed by atoms with van der Waals surface area (Å²) < 4.78 is 23.5. The predicted molar refractivity (Wildman–Crippen MR) is 116 cm³/mol. The Kier molecular flexibility index (Phi) is 6.35. The molecule has 8 heteroatoms. The molecule has 1 amide bonds. The molecule has 0 radical (unpaired) electrons. The standard InChI is InChI=1S/C23H25FN4O3/c1-30-19-6-2-16(3-7-19)21-14-22(27-26-21)28-12-10-18(11-13-28)25-23(29)15-31-20-8-4-17(24)5-9-20/h2-9,14,18H,10-13,15H2,1H3,(H,25,29)(H,26,27). The van der Waals surface area contributed by atoms with Crippen molar-refractivity contribution in [3.8, 4) is 22.8 Å². The summed E-state index contributed by atoms with van der Waals surface area (Å²) in [4.78, 5) is 14.4. The van der Waals surface area contributed by atoms with Crippen LogP contribution in [0.1, 0.15) is 12.8 Å². The Morgan fingerprint density at radius 3 is 2.48 bits per heavy atom. The van der Waals surface area contributed by atoms with Crippen molar-refractivity contribution in [3.63, 3.8) is 0 Å². The van der Waals surface area contributed by atoms with Crippen LogP contribution in [0.5, 0.6) is 11.5 Å². The largest absolute Gasteiger partial charge is 0.497 e. The number of piperidine rings is 1. The van der Waals surface area contributed by atoms with E-state index in [9.17, 15) is 9.18 Å². The van der Waals surface area contributed by atoms with Crippen molar-refractivity contribution in [1.82, 2.24) is 15.5 Å². The number of nitrogens with zero attached hydrogens (tertiary/aromatic N) is 2. The first-order valence-electron chi connectivity index (χ1n) is 10.2. The van der Waals surface area contributed by atoms with E-state index >= 15 is 0 Å². The summed E-state index contributed by atoms with van der Waals surface area (Å²) in [7, 11) is 1.65. The molecule has 0 saturated carbocycles. The predicted octanol–water partition coefficient (Wildman–Crippen LogP) is 3.39. The minimum atomic E-state index is -0.336. The van der Waals surface area contributed by atoms with Crippen molar-refractivity contribution < 1.29 is 18.7 Å². The van der Waals surface area contributed by atoms with Gasteiger partial charge in [0.2, 0.25) is 0 Å². The number of nitrogens with one attached hydrogen (secondary N) is 2. The quantitative estimate of drug-likeness (QED) is 0.608. The maximum atomic E-state index is 12.9. The third-order valence-electron chi connectivity index (χ3n) is 5.33. The number of benzene rings is 2. The van der Waals surface area contributed by atoms with Crippen molar-refractivity contribution >= 4 is 11.7 Å². The highest BCUT2D eigenvalue weighted by Crippen LogP contribution is 2.25. The number of hydrogen-bond donors (Lipinski definition) is 2. The highest BCUT2D eigenvalue weighted by molar-refractivity contribution is 5.77. The maximum absolute atomic E-state index is 12.9. The fourth-order valence-electron chi connectivity index (χ4n) is 3.59. The van der Waals surface area contributed by atoms with Gasteiger partial charge in [-0.1, -0.05) is 0 Å². The van der Waals surface area contributed by atoms with E-state index in [0.29, 0.717) is 5.75 Å². The van der Waals surface area contributed by atoms with E-state index in [-0.39, 0.29) is 24.4 Å². The van der Waals surface area contributed by atoms with Crippen LogP contribution in [0.2, 0.25) is 0 Å². The number of aromatic amines is 1. The number of methoxy groups -OCH3 is 1. The van der Waals surface area contributed by atoms with Gasteiger partial charge in [-0.25, -0.2) is 4.39 Å². The molecule has 1 aromatic heterocycles. The Hall–Kier alpha value is -3.55. The van der Waals surface area contributed by atoms with Crippen molar-refractivity contribution in [2.75, 3.05) is 31.7 Å². The zero-order chi connectivity index (χ0) is 21.6. The fourth-order valence-corrected chi connectivity index (χ4v) is 3.59. The van der Waals surface area contributed by atoms with Crippen LogP contribution >= 0.6 is 0 Å². The van der Waals surface area contributed by atoms with Crippen LogP contribution < -0.4 is 19.7 Å². The number of ether oxygens (including phenoxy) is 2. The van der Waals surface area contributed by atoms with Crippen molar-refractivity contribution in [2.45, 2.75) is 18.9 Å². The first kappa shape index (κ1) is 20.7. The summed E-state index contributed by atoms with van der Waals surface area (Å²) in [5, 5.41) is 10.6. The lowest BCUT2D eigenvalue weighted by Gasteiger charge is -2.32. The number of carbonyl (C=O) groups is 1. The lowest BCUT2D eigenvalue weighted by Crippen LogP contribution is -2.46. The molecule has 1 fully saturated rings. The topological polar surface area (TPSA) is 79.5 Å². The van der Waals surface area contributed by atoms with E-state index in [2.05, 4.69) is 20.4 Å². The fraction of sp³-hybridized carbons (Fsp3) is 0.304. The van der Waals surface area contributed by atoms with Gasteiger partial charge in [0.15, 0.2) is 12.4 Å². The van der Waals surface area contributed by atoms with Gasteiger partial charge in [-0.3, -0.25) is 9.89 Å². The molecule has 162 valence electrons. The van der Waals surface area contributed by atoms with Crippen LogP contribution in [0.3, 0.4) is 0 Å². The zero-order valence-electron chi connectivity index (χ0n) is 17.3. The molecule has 4 rings (SSSR count). The Morgan fingerprint density at radius 2 is 1.81 bits per heavy atom. The third kappa shape index (κ3) is 5.33. The van der Waals surface area contributed by atoms with Gasteiger partial charge in [0.1, 0.15) is 17.3 Å². The van der Waals surface area contributed by atoms with E-state index in [4.69, 9.17) is 9.47 Å². The van der Waals surface area contributed by atoms with Gasteiger partial charge < -0.3 is 19.7 Å². The van der Waals surface area contributed by atoms with E-state index < -0.39 is 0 Å². The van der Waals surface area contributed by atoms with Gasteiger partial charge in [-0.2, -0.15) is 5.10 Å². The van der Waals surface area contributed by atoms with Crippen LogP contribution in [0, 0.1) is 5.82 Å². The van der Waals surface area contributed by atoms with Crippen molar-refractivity contribution in [1.29, 1.82) is 0 Å². The third-order valence-corrected chi connectivity index (χ3v) is 5.33. The van der Waals surface area contributed by atoms with Gasteiger partial charge >= 0.3 is 0 Å². The second-order valence-electron chi connectivity index (χ2n) is 7.44. The average molecular weight is 424 g/mol. The molecule has 0 spiro atoms. The zero-order valence-corrected chi connectivity index (χ0v) is 17.3. The number of amides is 1. The molecule has 1 aliphatic heterocycles. The highest BCUT2D eigenvalue weighted by Gasteiger charge is 2.22. The minimum Gasteiger partial charge on any atom is -0.497 e. The van der Waals surface area contributed by atoms with E-state index in [1.807, 2.05) is 30.3 Å². The minimum absolute atomic E-state index is 0.0869. The number of carbonyl (C=O) groups excluding carboxylic acids is 1. The van der Waals surface area contributed by atoms with Crippen LogP contribution in [-0.4, -0.2) is 49.0 Å². The number of aromatic nitrogens is 2. The van der Waals surface area contributed by atoms with E-state index in [0.717, 1.165) is 48.8 Å². The average Bonchev–Trinajstić information content (AvgIpc) is 3.29. The number of H-pyrrole nitrogens is 1. The SMILES string of the molecule is COc1ccc(-c2cc(N3CCC(NC(=O)COc4ccc(F)cc4)CC3)n[nH]2)cc1. The molecule has 0 bridgehead atoms. The second kappa shape index (κ2) is 9.51. The molecule has 0 atom stereocenters. The molecule has 1 saturated heterocycles. The number of anilines is 1. The maximum Gasteiger partial charge on any atom is 0.258 e. The molecule has 7 nitrogen and oxygen atoms in total. The van der Waals surface area contributed by atoms with Gasteiger partial charge in [-0.05, 0) is 66.9 Å². The van der Waals surface area contributed by atoms with Gasteiger partial charge in [0, 0.05) is 25.2 Å². The molecule has 1 aliphatic rings. The number of rotatable bonds is 7. The Labute approximate surface area is 180 Å². The van der Waals surface area contributed by atoms with Crippen LogP contribution in [-0.2, 0) is 4.79 Å².